The number of esters is 1. The molecule has 0 saturated carbocycles. The fourth-order valence-corrected chi connectivity index (χ4v) is 5.06. The first kappa shape index (κ1) is 19.1. The number of carbonyl (C=O) groups excluding carboxylic acids is 1. The van der Waals surface area contributed by atoms with E-state index in [1.165, 1.54) is 0 Å². The van der Waals surface area contributed by atoms with Crippen molar-refractivity contribution >= 4 is 5.97 Å². The van der Waals surface area contributed by atoms with E-state index >= 15 is 4.39 Å². The standard InChI is InChI=1S/C23H26FNO3/c1-2-28-21(27)22(24)16-23(18-11-7-4-8-12-18)20(26)14-13-19(22)25(23)15-17-9-5-3-6-10-17/h3-12,19-20,26H,2,13-16H2,1H3/t19-,20+,22-,23+/m0/s1. The Bertz CT molecular complexity index is 830. The van der Waals surface area contributed by atoms with E-state index in [9.17, 15) is 9.90 Å². The molecule has 2 aliphatic rings. The Labute approximate surface area is 164 Å². The summed E-state index contributed by atoms with van der Waals surface area (Å²) in [7, 11) is 0. The summed E-state index contributed by atoms with van der Waals surface area (Å²) in [6, 6.07) is 18.7. The molecule has 0 unspecified atom stereocenters. The predicted molar refractivity (Wildman–Crippen MR) is 104 cm³/mol. The normalized spacial score (nSPS) is 32.2. The average Bonchev–Trinajstić information content (AvgIpc) is 2.90. The molecular weight excluding hydrogens is 357 g/mol. The summed E-state index contributed by atoms with van der Waals surface area (Å²) in [6.07, 6.45) is 0.0110. The molecule has 1 N–H and O–H groups in total. The van der Waals surface area contributed by atoms with Gasteiger partial charge in [0.25, 0.3) is 0 Å². The summed E-state index contributed by atoms with van der Waals surface area (Å²) in [6.45, 7) is 2.28. The van der Waals surface area contributed by atoms with E-state index in [0.29, 0.717) is 19.4 Å². The maximum Gasteiger partial charge on any atom is 0.345 e. The molecule has 4 atom stereocenters. The lowest BCUT2D eigenvalue weighted by atomic mass is 9.78. The van der Waals surface area contributed by atoms with Gasteiger partial charge in [-0.05, 0) is 30.9 Å². The van der Waals surface area contributed by atoms with Gasteiger partial charge in [-0.25, -0.2) is 9.18 Å². The van der Waals surface area contributed by atoms with Crippen LogP contribution < -0.4 is 0 Å². The topological polar surface area (TPSA) is 49.8 Å². The third-order valence-electron chi connectivity index (χ3n) is 6.29. The van der Waals surface area contributed by atoms with Gasteiger partial charge in [-0.2, -0.15) is 0 Å². The van der Waals surface area contributed by atoms with Gasteiger partial charge in [0, 0.05) is 13.0 Å². The molecule has 4 rings (SSSR count). The lowest BCUT2D eigenvalue weighted by Gasteiger charge is -2.48. The summed E-state index contributed by atoms with van der Waals surface area (Å²) >= 11 is 0. The van der Waals surface area contributed by atoms with Gasteiger partial charge in [0.05, 0.1) is 24.3 Å². The SMILES string of the molecule is CCOC(=O)[C@]1(F)C[C@@]2(c3ccccc3)[C@H](O)CC[C@@H]1N2Cc1ccccc1. The highest BCUT2D eigenvalue weighted by Gasteiger charge is 2.69. The highest BCUT2D eigenvalue weighted by atomic mass is 19.1. The van der Waals surface area contributed by atoms with Crippen molar-refractivity contribution in [2.75, 3.05) is 6.61 Å². The van der Waals surface area contributed by atoms with E-state index in [1.54, 1.807) is 6.92 Å². The summed E-state index contributed by atoms with van der Waals surface area (Å²) < 4.78 is 21.4. The highest BCUT2D eigenvalue weighted by Crippen LogP contribution is 2.57. The molecule has 5 heteroatoms. The van der Waals surface area contributed by atoms with Crippen LogP contribution in [0.5, 0.6) is 0 Å². The quantitative estimate of drug-likeness (QED) is 0.802. The number of hydrogen-bond acceptors (Lipinski definition) is 4. The van der Waals surface area contributed by atoms with Crippen LogP contribution in [0.2, 0.25) is 0 Å². The number of carbonyl (C=O) groups is 1. The van der Waals surface area contributed by atoms with Crippen LogP contribution in [0.25, 0.3) is 0 Å². The Balaban J connectivity index is 1.84. The van der Waals surface area contributed by atoms with Gasteiger partial charge >= 0.3 is 5.97 Å². The number of aliphatic hydroxyl groups is 1. The zero-order valence-electron chi connectivity index (χ0n) is 16.1. The lowest BCUT2D eigenvalue weighted by Crippen LogP contribution is -2.56. The van der Waals surface area contributed by atoms with Crippen molar-refractivity contribution in [3.8, 4) is 0 Å². The van der Waals surface area contributed by atoms with Crippen LogP contribution in [0.1, 0.15) is 37.3 Å². The molecule has 0 aliphatic carbocycles. The molecule has 2 aliphatic heterocycles. The number of aliphatic hydroxyl groups excluding tert-OH is 1. The third-order valence-corrected chi connectivity index (χ3v) is 6.29. The van der Waals surface area contributed by atoms with Crippen molar-refractivity contribution in [3.05, 3.63) is 71.8 Å². The van der Waals surface area contributed by atoms with E-state index in [1.807, 2.05) is 65.6 Å². The van der Waals surface area contributed by atoms with Gasteiger partial charge in [0.15, 0.2) is 0 Å². The Kier molecular flexibility index (Phi) is 4.98. The maximum absolute atomic E-state index is 16.3. The molecule has 148 valence electrons. The van der Waals surface area contributed by atoms with Crippen LogP contribution in [-0.2, 0) is 21.6 Å². The molecule has 0 amide bonds. The molecule has 2 heterocycles. The van der Waals surface area contributed by atoms with Crippen molar-refractivity contribution in [1.82, 2.24) is 4.90 Å². The van der Waals surface area contributed by atoms with Crippen molar-refractivity contribution in [3.63, 3.8) is 0 Å². The second-order valence-electron chi connectivity index (χ2n) is 7.77. The molecule has 2 saturated heterocycles. The molecule has 4 nitrogen and oxygen atoms in total. The van der Waals surface area contributed by atoms with Crippen LogP contribution in [-0.4, -0.2) is 40.4 Å². The van der Waals surface area contributed by atoms with Crippen LogP contribution in [0.4, 0.5) is 4.39 Å². The number of ether oxygens (including phenoxy) is 1. The molecule has 2 bridgehead atoms. The van der Waals surface area contributed by atoms with Crippen LogP contribution in [0.3, 0.4) is 0 Å². The van der Waals surface area contributed by atoms with E-state index in [2.05, 4.69) is 0 Å². The number of fused-ring (bicyclic) bond motifs is 2. The summed E-state index contributed by atoms with van der Waals surface area (Å²) in [5.74, 6) is -0.815. The highest BCUT2D eigenvalue weighted by molar-refractivity contribution is 5.82. The minimum Gasteiger partial charge on any atom is -0.464 e. The van der Waals surface area contributed by atoms with Gasteiger partial charge in [-0.3, -0.25) is 4.90 Å². The molecule has 2 fully saturated rings. The molecule has 2 aromatic rings. The number of piperidine rings is 1. The first-order valence-corrected chi connectivity index (χ1v) is 9.93. The number of alkyl halides is 1. The number of nitrogens with zero attached hydrogens (tertiary/aromatic N) is 1. The Hall–Kier alpha value is -2.24. The van der Waals surface area contributed by atoms with E-state index in [-0.39, 0.29) is 13.0 Å². The van der Waals surface area contributed by atoms with Gasteiger partial charge in [0.2, 0.25) is 5.67 Å². The number of hydrogen-bond donors (Lipinski definition) is 1. The smallest absolute Gasteiger partial charge is 0.345 e. The van der Waals surface area contributed by atoms with E-state index in [0.717, 1.165) is 11.1 Å². The molecule has 28 heavy (non-hydrogen) atoms. The molecule has 0 radical (unpaired) electrons. The maximum atomic E-state index is 16.3. The monoisotopic (exact) mass is 383 g/mol. The second kappa shape index (κ2) is 7.30. The molecule has 0 spiro atoms. The zero-order chi connectivity index (χ0) is 19.8. The largest absolute Gasteiger partial charge is 0.464 e. The first-order chi connectivity index (χ1) is 13.5. The van der Waals surface area contributed by atoms with E-state index < -0.39 is 29.3 Å². The van der Waals surface area contributed by atoms with Gasteiger partial charge in [-0.15, -0.1) is 0 Å². The zero-order valence-corrected chi connectivity index (χ0v) is 16.1. The first-order valence-electron chi connectivity index (χ1n) is 9.93. The number of halogens is 1. The average molecular weight is 383 g/mol. The van der Waals surface area contributed by atoms with Crippen LogP contribution in [0, 0.1) is 0 Å². The Morgan fingerprint density at radius 2 is 1.79 bits per heavy atom. The van der Waals surface area contributed by atoms with Crippen molar-refractivity contribution in [2.24, 2.45) is 0 Å². The molecule has 0 aromatic heterocycles. The minimum atomic E-state index is -2.14. The Morgan fingerprint density at radius 3 is 2.43 bits per heavy atom. The van der Waals surface area contributed by atoms with Gasteiger partial charge in [0.1, 0.15) is 0 Å². The minimum absolute atomic E-state index is 0.0957. The summed E-state index contributed by atoms with van der Waals surface area (Å²) in [5, 5.41) is 11.1. The van der Waals surface area contributed by atoms with E-state index in [4.69, 9.17) is 4.74 Å². The summed E-state index contributed by atoms with van der Waals surface area (Å²) in [5.41, 5.74) is -1.23. The van der Waals surface area contributed by atoms with Crippen molar-refractivity contribution in [1.29, 1.82) is 0 Å². The Morgan fingerprint density at radius 1 is 1.14 bits per heavy atom. The molecule has 2 aromatic carbocycles. The fraction of sp³-hybridized carbons (Fsp3) is 0.435. The number of rotatable bonds is 5. The summed E-state index contributed by atoms with van der Waals surface area (Å²) in [4.78, 5) is 14.7. The van der Waals surface area contributed by atoms with Crippen molar-refractivity contribution in [2.45, 2.75) is 56.1 Å². The van der Waals surface area contributed by atoms with Crippen LogP contribution in [0.15, 0.2) is 60.7 Å². The molecular formula is C23H26FNO3. The van der Waals surface area contributed by atoms with Crippen molar-refractivity contribution < 1.29 is 19.0 Å². The fourth-order valence-electron chi connectivity index (χ4n) is 5.06. The van der Waals surface area contributed by atoms with Gasteiger partial charge < -0.3 is 9.84 Å². The third kappa shape index (κ3) is 2.85. The van der Waals surface area contributed by atoms with Crippen LogP contribution >= 0.6 is 0 Å². The lowest BCUT2D eigenvalue weighted by molar-refractivity contribution is -0.159. The predicted octanol–water partition coefficient (Wildman–Crippen LogP) is 3.58. The number of benzene rings is 2. The van der Waals surface area contributed by atoms with Gasteiger partial charge in [-0.1, -0.05) is 60.7 Å². The second-order valence-corrected chi connectivity index (χ2v) is 7.77.